The zero-order chi connectivity index (χ0) is 16.6. The summed E-state index contributed by atoms with van der Waals surface area (Å²) in [5.74, 6) is 0.728. The molecule has 2 aromatic carbocycles. The van der Waals surface area contributed by atoms with Crippen LogP contribution in [-0.2, 0) is 12.0 Å². The van der Waals surface area contributed by atoms with E-state index in [-0.39, 0.29) is 5.82 Å². The van der Waals surface area contributed by atoms with Crippen LogP contribution in [0.3, 0.4) is 0 Å². The number of aliphatic hydroxyl groups is 1. The third-order valence-corrected chi connectivity index (χ3v) is 5.38. The summed E-state index contributed by atoms with van der Waals surface area (Å²) >= 11 is 0. The van der Waals surface area contributed by atoms with Crippen LogP contribution in [0.15, 0.2) is 48.5 Å². The summed E-state index contributed by atoms with van der Waals surface area (Å²) in [6.45, 7) is 2.35. The Kier molecular flexibility index (Phi) is 4.02. The molecule has 0 unspecified atom stereocenters. The molecule has 2 aliphatic rings. The topological polar surface area (TPSA) is 32.7 Å². The van der Waals surface area contributed by atoms with E-state index in [4.69, 9.17) is 4.74 Å². The number of likely N-dealkylation sites (tertiary alicyclic amines) is 1. The molecule has 0 radical (unpaired) electrons. The van der Waals surface area contributed by atoms with Gasteiger partial charge in [-0.2, -0.15) is 0 Å². The largest absolute Gasteiger partial charge is 0.492 e. The van der Waals surface area contributed by atoms with Gasteiger partial charge in [-0.15, -0.1) is 0 Å². The number of piperidine rings is 1. The SMILES string of the molecule is OC1(c2ccc(F)cc2)CCN([C@H]2COc3ccccc3C2)CC1. The van der Waals surface area contributed by atoms with E-state index in [1.54, 1.807) is 12.1 Å². The summed E-state index contributed by atoms with van der Waals surface area (Å²) < 4.78 is 19.0. The van der Waals surface area contributed by atoms with Gasteiger partial charge in [-0.1, -0.05) is 30.3 Å². The number of rotatable bonds is 2. The highest BCUT2D eigenvalue weighted by Crippen LogP contribution is 2.35. The van der Waals surface area contributed by atoms with Crippen molar-refractivity contribution in [2.75, 3.05) is 19.7 Å². The fourth-order valence-electron chi connectivity index (χ4n) is 3.85. The zero-order valence-corrected chi connectivity index (χ0v) is 13.6. The fourth-order valence-corrected chi connectivity index (χ4v) is 3.85. The molecule has 1 saturated heterocycles. The van der Waals surface area contributed by atoms with E-state index in [9.17, 15) is 9.50 Å². The first kappa shape index (κ1) is 15.6. The van der Waals surface area contributed by atoms with E-state index >= 15 is 0 Å². The van der Waals surface area contributed by atoms with Crippen molar-refractivity contribution in [2.45, 2.75) is 30.9 Å². The number of para-hydroxylation sites is 1. The van der Waals surface area contributed by atoms with Gasteiger partial charge in [-0.05, 0) is 48.6 Å². The lowest BCUT2D eigenvalue weighted by Gasteiger charge is -2.43. The van der Waals surface area contributed by atoms with Gasteiger partial charge in [0.15, 0.2) is 0 Å². The first-order valence-electron chi connectivity index (χ1n) is 8.57. The predicted molar refractivity (Wildman–Crippen MR) is 90.5 cm³/mol. The van der Waals surface area contributed by atoms with Crippen LogP contribution in [0.5, 0.6) is 5.75 Å². The minimum absolute atomic E-state index is 0.266. The molecule has 0 bridgehead atoms. The van der Waals surface area contributed by atoms with Gasteiger partial charge in [-0.25, -0.2) is 4.39 Å². The molecule has 2 heterocycles. The Morgan fingerprint density at radius 3 is 2.50 bits per heavy atom. The van der Waals surface area contributed by atoms with Crippen LogP contribution in [0, 0.1) is 5.82 Å². The van der Waals surface area contributed by atoms with Gasteiger partial charge in [0.25, 0.3) is 0 Å². The molecule has 3 nitrogen and oxygen atoms in total. The van der Waals surface area contributed by atoms with Gasteiger partial charge >= 0.3 is 0 Å². The number of nitrogens with zero attached hydrogens (tertiary/aromatic N) is 1. The average molecular weight is 327 g/mol. The maximum absolute atomic E-state index is 13.1. The van der Waals surface area contributed by atoms with Crippen LogP contribution in [0.25, 0.3) is 0 Å². The lowest BCUT2D eigenvalue weighted by atomic mass is 9.83. The van der Waals surface area contributed by atoms with Crippen molar-refractivity contribution in [3.63, 3.8) is 0 Å². The summed E-state index contributed by atoms with van der Waals surface area (Å²) in [7, 11) is 0. The quantitative estimate of drug-likeness (QED) is 0.920. The molecule has 24 heavy (non-hydrogen) atoms. The zero-order valence-electron chi connectivity index (χ0n) is 13.6. The first-order valence-corrected chi connectivity index (χ1v) is 8.57. The normalized spacial score (nSPS) is 23.3. The molecule has 0 saturated carbocycles. The number of ether oxygens (including phenoxy) is 1. The molecule has 1 fully saturated rings. The Labute approximate surface area is 141 Å². The van der Waals surface area contributed by atoms with E-state index in [0.29, 0.717) is 25.5 Å². The van der Waals surface area contributed by atoms with E-state index < -0.39 is 5.60 Å². The molecular weight excluding hydrogens is 305 g/mol. The highest BCUT2D eigenvalue weighted by atomic mass is 19.1. The van der Waals surface area contributed by atoms with Crippen molar-refractivity contribution < 1.29 is 14.2 Å². The van der Waals surface area contributed by atoms with Gasteiger partial charge in [0.2, 0.25) is 0 Å². The van der Waals surface area contributed by atoms with Crippen molar-refractivity contribution in [3.05, 3.63) is 65.5 Å². The second kappa shape index (κ2) is 6.19. The molecule has 1 N–H and O–H groups in total. The number of hydrogen-bond acceptors (Lipinski definition) is 3. The third kappa shape index (κ3) is 2.92. The molecule has 4 rings (SSSR count). The van der Waals surface area contributed by atoms with Gasteiger partial charge in [0.05, 0.1) is 5.60 Å². The van der Waals surface area contributed by atoms with Crippen molar-refractivity contribution >= 4 is 0 Å². The van der Waals surface area contributed by atoms with E-state index in [1.807, 2.05) is 18.2 Å². The average Bonchev–Trinajstić information content (AvgIpc) is 2.62. The summed E-state index contributed by atoms with van der Waals surface area (Å²) in [6.07, 6.45) is 2.32. The van der Waals surface area contributed by atoms with Crippen molar-refractivity contribution in [1.29, 1.82) is 0 Å². The minimum Gasteiger partial charge on any atom is -0.492 e. The summed E-state index contributed by atoms with van der Waals surface area (Å²) in [6, 6.07) is 14.8. The van der Waals surface area contributed by atoms with Gasteiger partial charge < -0.3 is 9.84 Å². The van der Waals surface area contributed by atoms with Crippen LogP contribution in [0.4, 0.5) is 4.39 Å². The second-order valence-corrected chi connectivity index (χ2v) is 6.85. The van der Waals surface area contributed by atoms with Crippen LogP contribution >= 0.6 is 0 Å². The Balaban J connectivity index is 1.42. The van der Waals surface area contributed by atoms with Gasteiger partial charge in [-0.3, -0.25) is 4.90 Å². The van der Waals surface area contributed by atoms with Crippen LogP contribution < -0.4 is 4.74 Å². The molecule has 0 aromatic heterocycles. The molecule has 4 heteroatoms. The van der Waals surface area contributed by atoms with Gasteiger partial charge in [0, 0.05) is 19.1 Å². The van der Waals surface area contributed by atoms with Crippen molar-refractivity contribution in [3.8, 4) is 5.75 Å². The molecule has 0 aliphatic carbocycles. The minimum atomic E-state index is -0.850. The highest BCUT2D eigenvalue weighted by Gasteiger charge is 2.37. The summed E-state index contributed by atoms with van der Waals surface area (Å²) in [4.78, 5) is 2.41. The number of fused-ring (bicyclic) bond motifs is 1. The van der Waals surface area contributed by atoms with E-state index in [1.165, 1.54) is 17.7 Å². The summed E-state index contributed by atoms with van der Waals surface area (Å²) in [5, 5.41) is 10.9. The lowest BCUT2D eigenvalue weighted by molar-refractivity contribution is -0.0415. The molecule has 2 aromatic rings. The molecule has 1 atom stereocenters. The molecule has 0 spiro atoms. The number of benzene rings is 2. The van der Waals surface area contributed by atoms with Crippen molar-refractivity contribution in [1.82, 2.24) is 4.90 Å². The molecular formula is C20H22FNO2. The third-order valence-electron chi connectivity index (χ3n) is 5.38. The predicted octanol–water partition coefficient (Wildman–Crippen LogP) is 3.11. The van der Waals surface area contributed by atoms with E-state index in [2.05, 4.69) is 11.0 Å². The summed E-state index contributed by atoms with van der Waals surface area (Å²) in [5.41, 5.74) is 1.22. The highest BCUT2D eigenvalue weighted by molar-refractivity contribution is 5.35. The van der Waals surface area contributed by atoms with Crippen LogP contribution in [0.1, 0.15) is 24.0 Å². The second-order valence-electron chi connectivity index (χ2n) is 6.85. The maximum Gasteiger partial charge on any atom is 0.123 e. The van der Waals surface area contributed by atoms with Gasteiger partial charge in [0.1, 0.15) is 18.2 Å². The van der Waals surface area contributed by atoms with Crippen LogP contribution in [0.2, 0.25) is 0 Å². The Morgan fingerprint density at radius 1 is 1.04 bits per heavy atom. The lowest BCUT2D eigenvalue weighted by Crippen LogP contribution is -2.50. The maximum atomic E-state index is 13.1. The Hall–Kier alpha value is -1.91. The first-order chi connectivity index (χ1) is 11.6. The van der Waals surface area contributed by atoms with Crippen LogP contribution in [-0.4, -0.2) is 35.7 Å². The smallest absolute Gasteiger partial charge is 0.123 e. The number of halogens is 1. The molecule has 126 valence electrons. The number of hydrogen-bond donors (Lipinski definition) is 1. The fraction of sp³-hybridized carbons (Fsp3) is 0.400. The van der Waals surface area contributed by atoms with E-state index in [0.717, 1.165) is 30.8 Å². The Morgan fingerprint density at radius 2 is 1.75 bits per heavy atom. The standard InChI is InChI=1S/C20H22FNO2/c21-17-7-5-16(6-8-17)20(23)9-11-22(12-10-20)18-13-15-3-1-2-4-19(15)24-14-18/h1-8,18,23H,9-14H2/t18-/m1/s1. The van der Waals surface area contributed by atoms with Crippen molar-refractivity contribution in [2.24, 2.45) is 0 Å². The molecule has 2 aliphatic heterocycles. The molecule has 0 amide bonds. The monoisotopic (exact) mass is 327 g/mol. The Bertz CT molecular complexity index is 708.